The number of hydrogen-bond acceptors (Lipinski definition) is 6. The summed E-state index contributed by atoms with van der Waals surface area (Å²) in [7, 11) is 0. The molecule has 3 amide bonds. The molecule has 1 heterocycles. The molecule has 228 valence electrons. The normalized spacial score (nSPS) is 15.7. The first kappa shape index (κ1) is 31.6. The van der Waals surface area contributed by atoms with Crippen LogP contribution in [0.3, 0.4) is 0 Å². The lowest BCUT2D eigenvalue weighted by Crippen LogP contribution is -2.55. The van der Waals surface area contributed by atoms with Crippen LogP contribution in [0.15, 0.2) is 66.7 Å². The Hall–Kier alpha value is -4.31. The summed E-state index contributed by atoms with van der Waals surface area (Å²) in [6, 6.07) is 19.0. The largest absolute Gasteiger partial charge is 0.354 e. The molecule has 1 saturated heterocycles. The highest BCUT2D eigenvalue weighted by Gasteiger charge is 2.39. The quantitative estimate of drug-likeness (QED) is 0.166. The van der Waals surface area contributed by atoms with E-state index in [1.807, 2.05) is 63.2 Å². The van der Waals surface area contributed by atoms with Crippen molar-refractivity contribution in [3.8, 4) is 0 Å². The second-order valence-corrected chi connectivity index (χ2v) is 12.1. The molecular formula is C33H41N5O5. The van der Waals surface area contributed by atoms with Gasteiger partial charge in [-0.15, -0.1) is 0 Å². The molecule has 0 aliphatic carbocycles. The zero-order valence-electron chi connectivity index (χ0n) is 25.1. The molecule has 2 atom stereocenters. The van der Waals surface area contributed by atoms with Gasteiger partial charge in [0.1, 0.15) is 12.1 Å². The van der Waals surface area contributed by atoms with Gasteiger partial charge in [0.15, 0.2) is 0 Å². The van der Waals surface area contributed by atoms with Gasteiger partial charge in [0, 0.05) is 43.6 Å². The second kappa shape index (κ2) is 14.2. The van der Waals surface area contributed by atoms with Crippen molar-refractivity contribution in [2.45, 2.75) is 65.1 Å². The Morgan fingerprint density at radius 1 is 0.977 bits per heavy atom. The van der Waals surface area contributed by atoms with Crippen LogP contribution in [0.25, 0.3) is 10.8 Å². The van der Waals surface area contributed by atoms with Crippen molar-refractivity contribution in [1.82, 2.24) is 20.9 Å². The van der Waals surface area contributed by atoms with E-state index in [1.165, 1.54) is 12.1 Å². The zero-order valence-corrected chi connectivity index (χ0v) is 25.1. The summed E-state index contributed by atoms with van der Waals surface area (Å²) < 4.78 is 0. The third kappa shape index (κ3) is 8.61. The van der Waals surface area contributed by atoms with E-state index in [0.717, 1.165) is 28.3 Å². The molecule has 0 aromatic heterocycles. The number of nitro benzene ring substituents is 1. The van der Waals surface area contributed by atoms with Crippen molar-refractivity contribution in [3.05, 3.63) is 88.0 Å². The van der Waals surface area contributed by atoms with Crippen molar-refractivity contribution in [3.63, 3.8) is 0 Å². The van der Waals surface area contributed by atoms with Gasteiger partial charge in [-0.05, 0) is 47.7 Å². The predicted molar refractivity (Wildman–Crippen MR) is 166 cm³/mol. The van der Waals surface area contributed by atoms with Crippen molar-refractivity contribution in [2.75, 3.05) is 19.6 Å². The van der Waals surface area contributed by atoms with Crippen LogP contribution >= 0.6 is 0 Å². The van der Waals surface area contributed by atoms with Gasteiger partial charge >= 0.3 is 0 Å². The highest BCUT2D eigenvalue weighted by atomic mass is 16.6. The van der Waals surface area contributed by atoms with Crippen LogP contribution in [-0.4, -0.2) is 59.3 Å². The number of nitrogens with zero attached hydrogens (tertiary/aromatic N) is 2. The van der Waals surface area contributed by atoms with E-state index >= 15 is 0 Å². The number of fused-ring (bicyclic) bond motifs is 1. The summed E-state index contributed by atoms with van der Waals surface area (Å²) >= 11 is 0. The maximum absolute atomic E-state index is 13.5. The summed E-state index contributed by atoms with van der Waals surface area (Å²) in [6.45, 7) is 7.66. The van der Waals surface area contributed by atoms with E-state index < -0.39 is 22.4 Å². The summed E-state index contributed by atoms with van der Waals surface area (Å²) in [6.07, 6.45) is 2.29. The molecule has 0 saturated carbocycles. The molecule has 10 nitrogen and oxygen atoms in total. The summed E-state index contributed by atoms with van der Waals surface area (Å²) in [4.78, 5) is 51.9. The van der Waals surface area contributed by atoms with Crippen LogP contribution < -0.4 is 16.0 Å². The fourth-order valence-electron chi connectivity index (χ4n) is 5.31. The molecule has 0 spiro atoms. The number of hydrogen-bond donors (Lipinski definition) is 3. The number of nitro groups is 1. The summed E-state index contributed by atoms with van der Waals surface area (Å²) in [5.41, 5.74) is 1.31. The molecule has 1 aliphatic heterocycles. The van der Waals surface area contributed by atoms with Crippen LogP contribution in [0.2, 0.25) is 0 Å². The first-order chi connectivity index (χ1) is 20.5. The second-order valence-electron chi connectivity index (χ2n) is 12.1. The number of non-ortho nitro benzene ring substituents is 1. The number of likely N-dealkylation sites (tertiary alicyclic amines) is 1. The van der Waals surface area contributed by atoms with Crippen molar-refractivity contribution in [2.24, 2.45) is 5.41 Å². The van der Waals surface area contributed by atoms with E-state index in [0.29, 0.717) is 45.4 Å². The molecule has 4 rings (SSSR count). The van der Waals surface area contributed by atoms with E-state index in [4.69, 9.17) is 0 Å². The predicted octanol–water partition coefficient (Wildman–Crippen LogP) is 4.11. The number of nitrogens with one attached hydrogen (secondary N) is 3. The van der Waals surface area contributed by atoms with E-state index in [1.54, 1.807) is 17.0 Å². The van der Waals surface area contributed by atoms with Crippen LogP contribution in [0.4, 0.5) is 5.69 Å². The minimum absolute atomic E-state index is 0.0539. The van der Waals surface area contributed by atoms with Gasteiger partial charge in [-0.2, -0.15) is 0 Å². The fraction of sp³-hybridized carbons (Fsp3) is 0.424. The Balaban J connectivity index is 1.36. The average Bonchev–Trinajstić information content (AvgIpc) is 3.48. The van der Waals surface area contributed by atoms with Crippen molar-refractivity contribution >= 4 is 34.2 Å². The van der Waals surface area contributed by atoms with E-state index in [9.17, 15) is 24.5 Å². The molecule has 1 aliphatic rings. The molecule has 3 aromatic rings. The smallest absolute Gasteiger partial charge is 0.269 e. The molecule has 0 bridgehead atoms. The first-order valence-corrected chi connectivity index (χ1v) is 14.8. The Kier molecular flexibility index (Phi) is 10.5. The molecular weight excluding hydrogens is 546 g/mol. The molecule has 43 heavy (non-hydrogen) atoms. The Labute approximate surface area is 252 Å². The summed E-state index contributed by atoms with van der Waals surface area (Å²) in [5, 5.41) is 22.2. The summed E-state index contributed by atoms with van der Waals surface area (Å²) in [5.74, 6) is -0.647. The Morgan fingerprint density at radius 3 is 2.37 bits per heavy atom. The maximum Gasteiger partial charge on any atom is 0.269 e. The molecule has 10 heteroatoms. The van der Waals surface area contributed by atoms with Gasteiger partial charge in [-0.25, -0.2) is 0 Å². The van der Waals surface area contributed by atoms with Crippen LogP contribution in [-0.2, 0) is 27.3 Å². The third-order valence-corrected chi connectivity index (χ3v) is 7.65. The lowest BCUT2D eigenvalue weighted by molar-refractivity contribution is -0.384. The fourth-order valence-corrected chi connectivity index (χ4v) is 5.31. The molecule has 1 unspecified atom stereocenters. The van der Waals surface area contributed by atoms with Crippen molar-refractivity contribution < 1.29 is 19.3 Å². The highest BCUT2D eigenvalue weighted by Crippen LogP contribution is 2.26. The Morgan fingerprint density at radius 2 is 1.67 bits per heavy atom. The lowest BCUT2D eigenvalue weighted by Gasteiger charge is -2.31. The molecule has 0 radical (unpaired) electrons. The van der Waals surface area contributed by atoms with Gasteiger partial charge in [-0.1, -0.05) is 75.4 Å². The molecule has 1 fully saturated rings. The van der Waals surface area contributed by atoms with Crippen LogP contribution in [0, 0.1) is 15.5 Å². The number of carbonyl (C=O) groups excluding carboxylic acids is 3. The van der Waals surface area contributed by atoms with Gasteiger partial charge in [-0.3, -0.25) is 24.5 Å². The van der Waals surface area contributed by atoms with Gasteiger partial charge in [0.05, 0.1) is 4.92 Å². The molecule has 3 aromatic carbocycles. The van der Waals surface area contributed by atoms with E-state index in [2.05, 4.69) is 16.0 Å². The van der Waals surface area contributed by atoms with Gasteiger partial charge in [0.2, 0.25) is 17.7 Å². The number of benzene rings is 3. The maximum atomic E-state index is 13.5. The van der Waals surface area contributed by atoms with Gasteiger partial charge in [0.25, 0.3) is 5.69 Å². The first-order valence-electron chi connectivity index (χ1n) is 14.8. The van der Waals surface area contributed by atoms with Crippen LogP contribution in [0.1, 0.15) is 51.2 Å². The van der Waals surface area contributed by atoms with E-state index in [-0.39, 0.29) is 23.4 Å². The molecule has 3 N–H and O–H groups in total. The SMILES string of the molecule is CC(C)(C)C(=O)N1CCCC1C(=O)N[C@H](Cc1ccc2ccccc2c1)C(=O)NCCCNCc1ccc([N+](=O)[O-])cc1. The number of carbonyl (C=O) groups is 3. The van der Waals surface area contributed by atoms with Gasteiger partial charge < -0.3 is 20.9 Å². The minimum Gasteiger partial charge on any atom is -0.354 e. The lowest BCUT2D eigenvalue weighted by atomic mass is 9.94. The monoisotopic (exact) mass is 587 g/mol. The highest BCUT2D eigenvalue weighted by molar-refractivity contribution is 5.93. The average molecular weight is 588 g/mol. The number of amides is 3. The third-order valence-electron chi connectivity index (χ3n) is 7.65. The minimum atomic E-state index is -0.797. The zero-order chi connectivity index (χ0) is 31.0. The van der Waals surface area contributed by atoms with Crippen molar-refractivity contribution in [1.29, 1.82) is 0 Å². The number of rotatable bonds is 12. The topological polar surface area (TPSA) is 134 Å². The van der Waals surface area contributed by atoms with Crippen LogP contribution in [0.5, 0.6) is 0 Å². The Bertz CT molecular complexity index is 1450. The standard InChI is InChI=1S/C33H41N5O5/c1-33(2,3)32(41)37-19-6-10-29(37)31(40)36-28(21-24-11-14-25-8-4-5-9-26(25)20-24)30(39)35-18-7-17-34-22-23-12-15-27(16-13-23)38(42)43/h4-5,8-9,11-16,20,28-29,34H,6-7,10,17-19,21-22H2,1-3H3,(H,35,39)(H,36,40)/t28-,29?/m1/s1.